The molecule has 2 aliphatic heterocycles. The second-order valence-corrected chi connectivity index (χ2v) is 23.8. The van der Waals surface area contributed by atoms with Crippen LogP contribution in [0.5, 0.6) is 11.5 Å². The first-order valence-corrected chi connectivity index (χ1v) is 35.8. The van der Waals surface area contributed by atoms with Crippen LogP contribution in [0.1, 0.15) is 59.5 Å². The molecule has 39 nitrogen and oxygen atoms in total. The zero-order chi connectivity index (χ0) is 79.1. The number of nitrogens with one attached hydrogen (secondary N) is 2. The van der Waals surface area contributed by atoms with Gasteiger partial charge in [-0.2, -0.15) is 0 Å². The van der Waals surface area contributed by atoms with Crippen LogP contribution in [0, 0.1) is 0 Å². The summed E-state index contributed by atoms with van der Waals surface area (Å²) in [4.78, 5) is 80.9. The zero-order valence-corrected chi connectivity index (χ0v) is 62.5. The van der Waals surface area contributed by atoms with Gasteiger partial charge in [0, 0.05) is 40.0 Å². The van der Waals surface area contributed by atoms with Gasteiger partial charge in [0.2, 0.25) is 18.5 Å². The number of ether oxygens (including phenoxy) is 21. The molecular weight excluding hydrogens is 1460 g/mol. The zero-order valence-electron chi connectivity index (χ0n) is 62.5. The van der Waals surface area contributed by atoms with Crippen LogP contribution in [0.4, 0.5) is 0 Å². The minimum absolute atomic E-state index is 0.0200. The molecule has 0 radical (unpaired) electrons. The van der Waals surface area contributed by atoms with E-state index in [4.69, 9.17) is 104 Å². The fraction of sp³-hybridized carbons (Fsp3) is 0.729. The van der Waals surface area contributed by atoms with Crippen LogP contribution < -0.4 is 20.1 Å². The number of benzene rings is 2. The largest absolute Gasteiger partial charge is 0.479 e. The number of aliphatic carboxylic acids is 1. The number of esters is 2. The van der Waals surface area contributed by atoms with Gasteiger partial charge in [0.15, 0.2) is 6.10 Å². The highest BCUT2D eigenvalue weighted by Crippen LogP contribution is 2.29. The lowest BCUT2D eigenvalue weighted by Gasteiger charge is -2.38. The van der Waals surface area contributed by atoms with E-state index >= 15 is 0 Å². The summed E-state index contributed by atoms with van der Waals surface area (Å²) >= 11 is 0. The van der Waals surface area contributed by atoms with Gasteiger partial charge in [0.25, 0.3) is 11.8 Å². The third-order valence-corrected chi connectivity index (χ3v) is 14.9. The number of carboxylic acids is 1. The standard InChI is InChI=1S/C70H112N4O35/c1-49(2)73-106-42-41-101-38-37-99-34-33-98-35-36-100-39-40-102-48-59(78)74(11-15-90-19-23-94-27-31-96-29-25-92-21-17-88-13-9-71-66(84)54-43-52(45-103-50(3)75)5-7-57(54)107-69-63(82)60(79)56(77)47-105-69)12-16-91-20-24-95-28-32-97-30-26-93-22-18-89-14-10-72-67(85)55-44-53(46-104-51(4)76)6-8-58(55)108-70-64(83)61(80)62(81)65(109-70)68(86)87/h5-8,43-44,56,60-65,69-70,77,79-83H,9-42,45-48H2,1-4H3,(H,71,84)(H,72,85)(H,86,87)/t56-,60+,61+,62+,63-,64-,65+,69+,70-/m1/s1. The molecule has 2 aromatic carbocycles. The number of nitrogens with zero attached hydrogens (tertiary/aromatic N) is 2. The Bertz CT molecular complexity index is 2850. The van der Waals surface area contributed by atoms with Crippen molar-refractivity contribution in [3.05, 3.63) is 58.7 Å². The molecule has 9 N–H and O–H groups in total. The van der Waals surface area contributed by atoms with Crippen molar-refractivity contribution in [2.24, 2.45) is 5.16 Å². The van der Waals surface area contributed by atoms with Gasteiger partial charge in [-0.25, -0.2) is 4.79 Å². The molecule has 0 aliphatic carbocycles. The minimum Gasteiger partial charge on any atom is -0.479 e. The number of oxime groups is 1. The van der Waals surface area contributed by atoms with E-state index in [1.807, 2.05) is 13.8 Å². The Labute approximate surface area is 632 Å². The maximum Gasteiger partial charge on any atom is 0.335 e. The van der Waals surface area contributed by atoms with Crippen molar-refractivity contribution in [3.8, 4) is 11.5 Å². The molecule has 4 rings (SSSR count). The van der Waals surface area contributed by atoms with Gasteiger partial charge in [-0.1, -0.05) is 17.3 Å². The van der Waals surface area contributed by atoms with Gasteiger partial charge in [-0.3, -0.25) is 24.0 Å². The number of hydrogen-bond donors (Lipinski definition) is 9. The average Bonchev–Trinajstić information content (AvgIpc) is 0.802. The number of hydrogen-bond acceptors (Lipinski definition) is 35. The third kappa shape index (κ3) is 42.6. The molecule has 2 fully saturated rings. The lowest BCUT2D eigenvalue weighted by molar-refractivity contribution is -0.271. The summed E-state index contributed by atoms with van der Waals surface area (Å²) in [5.41, 5.74) is 1.66. The van der Waals surface area contributed by atoms with E-state index in [0.717, 1.165) is 5.71 Å². The topological polar surface area (TPSA) is 487 Å². The molecule has 9 atom stereocenters. The summed E-state index contributed by atoms with van der Waals surface area (Å²) in [7, 11) is 0. The normalized spacial score (nSPS) is 19.0. The molecule has 2 heterocycles. The summed E-state index contributed by atoms with van der Waals surface area (Å²) in [5.74, 6) is -4.33. The van der Waals surface area contributed by atoms with E-state index in [2.05, 4.69) is 15.8 Å². The number of aliphatic hydroxyl groups is 6. The van der Waals surface area contributed by atoms with Crippen molar-refractivity contribution in [1.29, 1.82) is 0 Å². The quantitative estimate of drug-likeness (QED) is 0.0144. The van der Waals surface area contributed by atoms with E-state index < -0.39 is 85.0 Å². The molecule has 622 valence electrons. The van der Waals surface area contributed by atoms with Crippen LogP contribution in [0.25, 0.3) is 0 Å². The molecule has 0 bridgehead atoms. The van der Waals surface area contributed by atoms with Crippen molar-refractivity contribution in [3.63, 3.8) is 0 Å². The summed E-state index contributed by atoms with van der Waals surface area (Å²) < 4.78 is 116. The highest BCUT2D eigenvalue weighted by atomic mass is 16.7. The van der Waals surface area contributed by atoms with Gasteiger partial charge in [0.05, 0.1) is 215 Å². The van der Waals surface area contributed by atoms with Crippen molar-refractivity contribution in [2.45, 2.75) is 96.2 Å². The van der Waals surface area contributed by atoms with Gasteiger partial charge < -0.3 is 156 Å². The monoisotopic (exact) mass is 1570 g/mol. The number of carbonyl (C=O) groups excluding carboxylic acids is 5. The highest BCUT2D eigenvalue weighted by molar-refractivity contribution is 5.97. The van der Waals surface area contributed by atoms with Crippen LogP contribution in [0.15, 0.2) is 41.6 Å². The molecule has 109 heavy (non-hydrogen) atoms. The van der Waals surface area contributed by atoms with Crippen molar-refractivity contribution in [1.82, 2.24) is 15.5 Å². The second-order valence-electron chi connectivity index (χ2n) is 23.8. The predicted octanol–water partition coefficient (Wildman–Crippen LogP) is -2.45. The van der Waals surface area contributed by atoms with Gasteiger partial charge in [-0.05, 0) is 49.2 Å². The maximum atomic E-state index is 13.3. The molecule has 0 unspecified atom stereocenters. The van der Waals surface area contributed by atoms with Crippen LogP contribution in [0.2, 0.25) is 0 Å². The predicted molar refractivity (Wildman–Crippen MR) is 375 cm³/mol. The lowest BCUT2D eigenvalue weighted by Crippen LogP contribution is -2.61. The molecular formula is C70H112N4O35. The molecule has 0 spiro atoms. The first kappa shape index (κ1) is 94.8. The SMILES string of the molecule is CC(=O)OCc1ccc(O[C@@H]2O[C@H](C(=O)O)[C@@H](O)[C@H](O)[C@H]2O)c(C(=O)NCCOCCOCCOCCOCCOCCN(CCOCCOCCOCCOCCOCCNC(=O)c2cc(COC(C)=O)ccc2O[C@@H]2OC[C@@H](O)[C@H](O)[C@H]2O)C(=O)COCCOCCOCCOCCOCCON=C(C)C)c1. The highest BCUT2D eigenvalue weighted by Gasteiger charge is 2.48. The number of rotatable bonds is 65. The summed E-state index contributed by atoms with van der Waals surface area (Å²) in [6.07, 6.45) is -15.3. The molecule has 0 saturated carbocycles. The third-order valence-electron chi connectivity index (χ3n) is 14.9. The molecule has 0 aromatic heterocycles. The van der Waals surface area contributed by atoms with Gasteiger partial charge in [-0.15, -0.1) is 0 Å². The summed E-state index contributed by atoms with van der Waals surface area (Å²) in [6, 6.07) is 8.60. The Kier molecular flexibility index (Phi) is 51.5. The van der Waals surface area contributed by atoms with E-state index in [1.54, 1.807) is 11.0 Å². The number of amides is 3. The van der Waals surface area contributed by atoms with Crippen LogP contribution >= 0.6 is 0 Å². The number of carbonyl (C=O) groups is 6. The molecule has 2 aliphatic rings. The van der Waals surface area contributed by atoms with E-state index in [1.165, 1.54) is 44.2 Å². The van der Waals surface area contributed by atoms with E-state index in [9.17, 15) is 64.5 Å². The Morgan fingerprint density at radius 3 is 1.16 bits per heavy atom. The smallest absolute Gasteiger partial charge is 0.335 e. The van der Waals surface area contributed by atoms with Gasteiger partial charge >= 0.3 is 17.9 Å². The first-order chi connectivity index (χ1) is 52.8. The Morgan fingerprint density at radius 1 is 0.431 bits per heavy atom. The molecule has 3 amide bonds. The van der Waals surface area contributed by atoms with E-state index in [0.29, 0.717) is 104 Å². The Balaban J connectivity index is 1.03. The fourth-order valence-corrected chi connectivity index (χ4v) is 9.29. The number of aliphatic hydroxyl groups excluding tert-OH is 6. The lowest BCUT2D eigenvalue weighted by atomic mass is 9.99. The number of carboxylic acid groups (broad SMARTS) is 1. The van der Waals surface area contributed by atoms with E-state index in [-0.39, 0.29) is 187 Å². The van der Waals surface area contributed by atoms with Crippen LogP contribution in [0.3, 0.4) is 0 Å². The Morgan fingerprint density at radius 2 is 0.780 bits per heavy atom. The minimum atomic E-state index is -1.95. The maximum absolute atomic E-state index is 13.3. The van der Waals surface area contributed by atoms with Crippen molar-refractivity contribution in [2.75, 3.05) is 238 Å². The molecule has 2 aromatic rings. The van der Waals surface area contributed by atoms with Crippen molar-refractivity contribution >= 4 is 41.3 Å². The molecule has 39 heteroatoms. The average molecular weight is 1570 g/mol. The van der Waals surface area contributed by atoms with Gasteiger partial charge in [0.1, 0.15) is 74.6 Å². The first-order valence-electron chi connectivity index (χ1n) is 35.8. The Hall–Kier alpha value is -6.59. The second kappa shape index (κ2) is 59.2. The molecule has 2 saturated heterocycles. The van der Waals surface area contributed by atoms with Crippen molar-refractivity contribution < 1.29 is 169 Å². The summed E-state index contributed by atoms with van der Waals surface area (Å²) in [5, 5.41) is 79.6. The van der Waals surface area contributed by atoms with Crippen LogP contribution in [-0.4, -0.2) is 375 Å². The summed E-state index contributed by atoms with van der Waals surface area (Å²) in [6.45, 7) is 14.7. The fourth-order valence-electron chi connectivity index (χ4n) is 9.29. The van der Waals surface area contributed by atoms with Crippen LogP contribution in [-0.2, 0) is 127 Å².